The van der Waals surface area contributed by atoms with Crippen LogP contribution in [0.3, 0.4) is 0 Å². The van der Waals surface area contributed by atoms with Crippen molar-refractivity contribution >= 4 is 0 Å². The maximum Gasteiger partial charge on any atom is 0.0566 e. The molecule has 3 fully saturated rings. The molecule has 3 aliphatic carbocycles. The Morgan fingerprint density at radius 3 is 2.06 bits per heavy atom. The summed E-state index contributed by atoms with van der Waals surface area (Å²) < 4.78 is 0. The third-order valence-corrected chi connectivity index (χ3v) is 7.21. The smallest absolute Gasteiger partial charge is 0.0566 e. The van der Waals surface area contributed by atoms with Gasteiger partial charge in [0.2, 0.25) is 0 Å². The first-order chi connectivity index (χ1) is 8.50. The minimum Gasteiger partial charge on any atom is -0.393 e. The Balaban J connectivity index is 1.74. The van der Waals surface area contributed by atoms with Crippen LogP contribution in [-0.2, 0) is 0 Å². The van der Waals surface area contributed by atoms with Crippen molar-refractivity contribution in [2.75, 3.05) is 0 Å². The van der Waals surface area contributed by atoms with Gasteiger partial charge in [-0.05, 0) is 73.0 Å². The van der Waals surface area contributed by atoms with Gasteiger partial charge in [0.25, 0.3) is 0 Å². The van der Waals surface area contributed by atoms with Crippen LogP contribution in [0.15, 0.2) is 0 Å². The first kappa shape index (κ1) is 13.0. The average molecular weight is 250 g/mol. The van der Waals surface area contributed by atoms with Gasteiger partial charge in [-0.1, -0.05) is 27.7 Å². The molecule has 0 amide bonds. The summed E-state index contributed by atoms with van der Waals surface area (Å²) >= 11 is 0. The Bertz CT molecular complexity index is 313. The molecule has 0 aliphatic heterocycles. The summed E-state index contributed by atoms with van der Waals surface area (Å²) in [6.07, 6.45) is 5.09. The van der Waals surface area contributed by atoms with Crippen molar-refractivity contribution in [3.05, 3.63) is 0 Å². The Labute approximate surface area is 112 Å². The Morgan fingerprint density at radius 2 is 1.44 bits per heavy atom. The number of aliphatic hydroxyl groups is 1. The molecule has 0 saturated heterocycles. The van der Waals surface area contributed by atoms with Gasteiger partial charge in [-0.2, -0.15) is 0 Å². The lowest BCUT2D eigenvalue weighted by molar-refractivity contribution is 0.00438. The molecule has 9 unspecified atom stereocenters. The van der Waals surface area contributed by atoms with Gasteiger partial charge >= 0.3 is 0 Å². The van der Waals surface area contributed by atoms with Gasteiger partial charge in [0.05, 0.1) is 6.10 Å². The van der Waals surface area contributed by atoms with E-state index in [1.165, 1.54) is 19.3 Å². The molecular weight excluding hydrogens is 220 g/mol. The minimum atomic E-state index is -0.0218. The number of hydrogen-bond acceptors (Lipinski definition) is 1. The molecule has 0 aromatic carbocycles. The fourth-order valence-corrected chi connectivity index (χ4v) is 5.95. The second kappa shape index (κ2) is 4.51. The highest BCUT2D eigenvalue weighted by molar-refractivity contribution is 5.03. The van der Waals surface area contributed by atoms with E-state index in [0.29, 0.717) is 5.92 Å². The van der Waals surface area contributed by atoms with Crippen molar-refractivity contribution in [2.24, 2.45) is 47.3 Å². The van der Waals surface area contributed by atoms with Crippen molar-refractivity contribution < 1.29 is 5.11 Å². The highest BCUT2D eigenvalue weighted by atomic mass is 16.3. The third kappa shape index (κ3) is 1.77. The molecule has 0 spiro atoms. The van der Waals surface area contributed by atoms with Gasteiger partial charge in [-0.3, -0.25) is 0 Å². The molecule has 3 saturated carbocycles. The van der Waals surface area contributed by atoms with Crippen molar-refractivity contribution in [1.29, 1.82) is 0 Å². The molecule has 1 nitrogen and oxygen atoms in total. The normalized spacial score (nSPS) is 60.2. The van der Waals surface area contributed by atoms with Crippen molar-refractivity contribution in [3.63, 3.8) is 0 Å². The second-order valence-corrected chi connectivity index (χ2v) is 7.84. The number of fused-ring (bicyclic) bond motifs is 2. The molecule has 9 atom stereocenters. The fourth-order valence-electron chi connectivity index (χ4n) is 5.95. The van der Waals surface area contributed by atoms with E-state index in [-0.39, 0.29) is 6.10 Å². The lowest BCUT2D eigenvalue weighted by Gasteiger charge is -2.44. The van der Waals surface area contributed by atoms with Crippen LogP contribution in [0.2, 0.25) is 0 Å². The summed E-state index contributed by atoms with van der Waals surface area (Å²) in [5.74, 6) is 7.23. The van der Waals surface area contributed by atoms with Crippen LogP contribution in [0.4, 0.5) is 0 Å². The Hall–Kier alpha value is -0.0400. The van der Waals surface area contributed by atoms with Crippen LogP contribution in [0, 0.1) is 47.3 Å². The SMILES string of the molecule is CC1CC(C2C(C)C3CC2C(C)C3C)CCC1O. The maximum absolute atomic E-state index is 9.93. The van der Waals surface area contributed by atoms with E-state index >= 15 is 0 Å². The average Bonchev–Trinajstić information content (AvgIpc) is 2.81. The van der Waals surface area contributed by atoms with Gasteiger partial charge in [-0.15, -0.1) is 0 Å². The molecule has 1 N–H and O–H groups in total. The quantitative estimate of drug-likeness (QED) is 0.747. The fraction of sp³-hybridized carbons (Fsp3) is 1.00. The summed E-state index contributed by atoms with van der Waals surface area (Å²) in [4.78, 5) is 0. The van der Waals surface area contributed by atoms with Gasteiger partial charge in [0.15, 0.2) is 0 Å². The van der Waals surface area contributed by atoms with Crippen LogP contribution in [0.1, 0.15) is 53.4 Å². The zero-order chi connectivity index (χ0) is 13.0. The summed E-state index contributed by atoms with van der Waals surface area (Å²) in [6.45, 7) is 9.75. The Morgan fingerprint density at radius 1 is 0.778 bits per heavy atom. The topological polar surface area (TPSA) is 20.2 Å². The van der Waals surface area contributed by atoms with E-state index in [0.717, 1.165) is 47.8 Å². The van der Waals surface area contributed by atoms with E-state index in [1.807, 2.05) is 0 Å². The molecule has 0 heterocycles. The van der Waals surface area contributed by atoms with Crippen molar-refractivity contribution in [1.82, 2.24) is 0 Å². The van der Waals surface area contributed by atoms with E-state index < -0.39 is 0 Å². The van der Waals surface area contributed by atoms with Crippen molar-refractivity contribution in [2.45, 2.75) is 59.5 Å². The molecular formula is C17H30O. The van der Waals surface area contributed by atoms with Crippen LogP contribution >= 0.6 is 0 Å². The van der Waals surface area contributed by atoms with Gasteiger partial charge in [-0.25, -0.2) is 0 Å². The summed E-state index contributed by atoms with van der Waals surface area (Å²) in [5.41, 5.74) is 0. The predicted molar refractivity (Wildman–Crippen MR) is 75.1 cm³/mol. The van der Waals surface area contributed by atoms with Crippen molar-refractivity contribution in [3.8, 4) is 0 Å². The number of aliphatic hydroxyl groups excluding tert-OH is 1. The van der Waals surface area contributed by atoms with E-state index in [4.69, 9.17) is 0 Å². The van der Waals surface area contributed by atoms with Gasteiger partial charge in [0, 0.05) is 0 Å². The van der Waals surface area contributed by atoms with Crippen LogP contribution < -0.4 is 0 Å². The van der Waals surface area contributed by atoms with E-state index in [2.05, 4.69) is 27.7 Å². The zero-order valence-corrected chi connectivity index (χ0v) is 12.5. The maximum atomic E-state index is 9.93. The van der Waals surface area contributed by atoms with Crippen LogP contribution in [0.5, 0.6) is 0 Å². The summed E-state index contributed by atoms with van der Waals surface area (Å²) in [5, 5.41) is 9.93. The van der Waals surface area contributed by atoms with E-state index in [1.54, 1.807) is 0 Å². The highest BCUT2D eigenvalue weighted by Crippen LogP contribution is 2.61. The van der Waals surface area contributed by atoms with Crippen LogP contribution in [0.25, 0.3) is 0 Å². The number of hydrogen-bond donors (Lipinski definition) is 1. The molecule has 3 rings (SSSR count). The molecule has 0 radical (unpaired) electrons. The molecule has 1 heteroatoms. The van der Waals surface area contributed by atoms with E-state index in [9.17, 15) is 5.11 Å². The predicted octanol–water partition coefficient (Wildman–Crippen LogP) is 3.96. The van der Waals surface area contributed by atoms with Gasteiger partial charge < -0.3 is 5.11 Å². The standard InChI is InChI=1S/C17H30O/c1-9-7-13(5-6-16(9)18)17-12(4)14-8-15(17)11(3)10(14)2/h9-18H,5-8H2,1-4H3. The Kier molecular flexibility index (Phi) is 3.25. The van der Waals surface area contributed by atoms with Gasteiger partial charge in [0.1, 0.15) is 0 Å². The molecule has 104 valence electrons. The molecule has 18 heavy (non-hydrogen) atoms. The largest absolute Gasteiger partial charge is 0.393 e. The molecule has 3 aliphatic rings. The molecule has 2 bridgehead atoms. The second-order valence-electron chi connectivity index (χ2n) is 7.84. The lowest BCUT2D eigenvalue weighted by atomic mass is 9.62. The first-order valence-electron chi connectivity index (χ1n) is 8.18. The number of rotatable bonds is 1. The highest BCUT2D eigenvalue weighted by Gasteiger charge is 2.55. The van der Waals surface area contributed by atoms with Crippen LogP contribution in [-0.4, -0.2) is 11.2 Å². The zero-order valence-electron chi connectivity index (χ0n) is 12.5. The third-order valence-electron chi connectivity index (χ3n) is 7.21. The lowest BCUT2D eigenvalue weighted by Crippen LogP contribution is -2.39. The molecule has 0 aromatic rings. The summed E-state index contributed by atoms with van der Waals surface area (Å²) in [6, 6.07) is 0. The minimum absolute atomic E-state index is 0.0218. The summed E-state index contributed by atoms with van der Waals surface area (Å²) in [7, 11) is 0. The molecule has 0 aromatic heterocycles. The monoisotopic (exact) mass is 250 g/mol. The first-order valence-corrected chi connectivity index (χ1v) is 8.18.